The van der Waals surface area contributed by atoms with Crippen LogP contribution in [0.2, 0.25) is 0 Å². The number of methoxy groups -OCH3 is 2. The molecule has 4 aliphatic heterocycles. The second kappa shape index (κ2) is 33.0. The fourth-order valence-corrected chi connectivity index (χ4v) is 14.0. The lowest BCUT2D eigenvalue weighted by atomic mass is 9.78. The summed E-state index contributed by atoms with van der Waals surface area (Å²) in [6.07, 6.45) is 13.2. The van der Waals surface area contributed by atoms with Crippen LogP contribution < -0.4 is 15.8 Å². The van der Waals surface area contributed by atoms with Crippen LogP contribution in [0.1, 0.15) is 165 Å². The van der Waals surface area contributed by atoms with Gasteiger partial charge in [-0.25, -0.2) is 19.4 Å². The molecule has 1 amide bonds. The van der Waals surface area contributed by atoms with Crippen molar-refractivity contribution in [2.45, 2.75) is 226 Å². The molecule has 0 aromatic carbocycles. The van der Waals surface area contributed by atoms with Crippen molar-refractivity contribution in [3.05, 3.63) is 59.5 Å². The van der Waals surface area contributed by atoms with Gasteiger partial charge in [0.25, 0.3) is 11.7 Å². The number of amides is 1. The van der Waals surface area contributed by atoms with E-state index in [2.05, 4.69) is 27.5 Å². The van der Waals surface area contributed by atoms with Crippen molar-refractivity contribution < 1.29 is 72.3 Å². The first kappa shape index (κ1) is 73.3. The highest BCUT2D eigenvalue weighted by molar-refractivity contribution is 6.39. The Hall–Kier alpha value is -6.49. The Morgan fingerprint density at radius 1 is 0.915 bits per heavy atom. The first-order valence-electron chi connectivity index (χ1n) is 33.9. The van der Waals surface area contributed by atoms with Crippen molar-refractivity contribution >= 4 is 46.1 Å². The molecular weight excluding hydrogens is 1200 g/mol. The number of nitrogens with one attached hydrogen (secondary N) is 1. The van der Waals surface area contributed by atoms with Gasteiger partial charge in [0.05, 0.1) is 37.2 Å². The summed E-state index contributed by atoms with van der Waals surface area (Å²) < 4.78 is 44.5. The van der Waals surface area contributed by atoms with Crippen molar-refractivity contribution in [3.8, 4) is 29.1 Å². The first-order chi connectivity index (χ1) is 44.8. The maximum absolute atomic E-state index is 14.9. The molecule has 516 valence electrons. The van der Waals surface area contributed by atoms with Gasteiger partial charge < -0.3 is 64.3 Å². The van der Waals surface area contributed by atoms with E-state index in [0.717, 1.165) is 31.5 Å². The molecule has 3 aromatic rings. The van der Waals surface area contributed by atoms with Gasteiger partial charge in [-0.3, -0.25) is 19.2 Å². The summed E-state index contributed by atoms with van der Waals surface area (Å²) >= 11 is 0. The van der Waals surface area contributed by atoms with Crippen LogP contribution in [0.5, 0.6) is 5.75 Å². The highest BCUT2D eigenvalue weighted by atomic mass is 16.6. The van der Waals surface area contributed by atoms with Crippen LogP contribution in [-0.4, -0.2) is 175 Å². The fourth-order valence-electron chi connectivity index (χ4n) is 14.0. The number of carbonyl (C=O) groups excluding carboxylic acids is 5. The number of allylic oxidation sites excluding steroid dienone is 6. The molecule has 4 fully saturated rings. The summed E-state index contributed by atoms with van der Waals surface area (Å²) in [7, 11) is 2.93. The third-order valence-electron chi connectivity index (χ3n) is 19.8. The molecule has 2 bridgehead atoms. The molecule has 16 atom stereocenters. The van der Waals surface area contributed by atoms with E-state index >= 15 is 0 Å². The zero-order chi connectivity index (χ0) is 68.2. The number of nitrogens with zero attached hydrogens (tertiary/aromatic N) is 6. The third-order valence-corrected chi connectivity index (χ3v) is 19.8. The van der Waals surface area contributed by atoms with Crippen LogP contribution in [0.3, 0.4) is 0 Å². The second-order valence-corrected chi connectivity index (χ2v) is 27.6. The van der Waals surface area contributed by atoms with E-state index in [9.17, 15) is 39.3 Å². The molecule has 6 N–H and O–H groups in total. The Bertz CT molecular complexity index is 3320. The van der Waals surface area contributed by atoms with Gasteiger partial charge in [-0.2, -0.15) is 0 Å². The number of carbonyl (C=O) groups is 5. The Kier molecular flexibility index (Phi) is 25.7. The smallest absolute Gasteiger partial charge is 0.329 e. The zero-order valence-corrected chi connectivity index (χ0v) is 57.1. The van der Waals surface area contributed by atoms with Crippen molar-refractivity contribution in [1.29, 1.82) is 0 Å². The molecule has 94 heavy (non-hydrogen) atoms. The quantitative estimate of drug-likeness (QED) is 0.0494. The van der Waals surface area contributed by atoms with Crippen molar-refractivity contribution in [2.75, 3.05) is 46.2 Å². The number of ketones is 3. The maximum Gasteiger partial charge on any atom is 0.329 e. The Balaban J connectivity index is 1.12. The topological polar surface area (TPSA) is 312 Å². The number of hydrogen-bond donors (Lipinski definition) is 5. The predicted octanol–water partition coefficient (Wildman–Crippen LogP) is 8.16. The number of aliphatic hydroxyl groups excluding tert-OH is 2. The highest BCUT2D eigenvalue weighted by Gasteiger charge is 2.53. The summed E-state index contributed by atoms with van der Waals surface area (Å²) in [5.41, 5.74) is 7.81. The van der Waals surface area contributed by atoms with E-state index in [-0.39, 0.29) is 72.7 Å². The number of cyclic esters (lactones) is 1. The molecule has 2 unspecified atom stereocenters. The summed E-state index contributed by atoms with van der Waals surface area (Å²) in [5.74, 6) is -0.909. The van der Waals surface area contributed by atoms with Gasteiger partial charge in [-0.1, -0.05) is 77.0 Å². The molecule has 3 saturated heterocycles. The van der Waals surface area contributed by atoms with Crippen molar-refractivity contribution in [1.82, 2.24) is 35.1 Å². The number of fused-ring (bicyclic) bond motifs is 4. The average Bonchev–Trinajstić information content (AvgIpc) is 1.47. The van der Waals surface area contributed by atoms with Crippen LogP contribution in [0, 0.1) is 53.3 Å². The van der Waals surface area contributed by atoms with Gasteiger partial charge in [0, 0.05) is 70.4 Å². The number of hydrogen-bond acceptors (Lipinski definition) is 21. The van der Waals surface area contributed by atoms with Crippen molar-refractivity contribution in [2.24, 2.45) is 41.4 Å². The Morgan fingerprint density at radius 3 is 2.39 bits per heavy atom. The second-order valence-electron chi connectivity index (χ2n) is 27.6. The summed E-state index contributed by atoms with van der Waals surface area (Å²) in [5, 5.41) is 46.2. The number of rotatable bonds is 12. The van der Waals surface area contributed by atoms with E-state index in [1.165, 1.54) is 12.0 Å². The predicted molar refractivity (Wildman–Crippen MR) is 352 cm³/mol. The van der Waals surface area contributed by atoms with Crippen molar-refractivity contribution in [3.63, 3.8) is 0 Å². The maximum atomic E-state index is 14.9. The number of anilines is 1. The molecular formula is C71H102N8O15. The van der Waals surface area contributed by atoms with E-state index in [0.29, 0.717) is 111 Å². The average molecular weight is 1310 g/mol. The van der Waals surface area contributed by atoms with Crippen LogP contribution in [0.25, 0.3) is 22.6 Å². The molecule has 8 rings (SSSR count). The lowest BCUT2D eigenvalue weighted by Gasteiger charge is -2.43. The molecule has 23 heteroatoms. The van der Waals surface area contributed by atoms with E-state index in [1.807, 2.05) is 76.5 Å². The first-order valence-corrected chi connectivity index (χ1v) is 33.9. The van der Waals surface area contributed by atoms with E-state index in [1.54, 1.807) is 47.1 Å². The van der Waals surface area contributed by atoms with Crippen LogP contribution in [0.15, 0.2) is 58.4 Å². The number of aromatic nitrogens is 5. The number of aryl methyl sites for hydroxylation is 1. The fraction of sp³-hybridized carbons (Fsp3) is 0.676. The minimum absolute atomic E-state index is 0.0255. The molecule has 0 radical (unpaired) electrons. The number of ether oxygens (including phenoxy) is 6. The van der Waals surface area contributed by atoms with Gasteiger partial charge in [-0.05, 0) is 163 Å². The number of piperidine rings is 2. The minimum atomic E-state index is -2.59. The van der Waals surface area contributed by atoms with Crippen LogP contribution in [0.4, 0.5) is 5.82 Å². The number of pyridine rings is 1. The summed E-state index contributed by atoms with van der Waals surface area (Å²) in [4.78, 5) is 83.8. The SMILES string of the molecule is CCn1c(-c2nonc2N)nc2c(C#CC(C)(C)O[C@H]3C[C@@H]4CC[C@@H](C)[C@@](O)(O4)C(=O)C(=O)N4CCCCC4C(=O)O[C@H](C(C)C[C@H]4CC[C@@H](O)[C@H](OC)C4)CC(=O)[C@H](C)/C=C(\C)[C@@H](O)[C@@H](OC)C(=O)[C@H](C)C[C@H](C)/C=C/C=C/C=C\3C)ncc(OC[C@H]3CCCNC3)c21. The lowest BCUT2D eigenvalue weighted by Crippen LogP contribution is -2.61. The number of esters is 1. The summed E-state index contributed by atoms with van der Waals surface area (Å²) in [6.45, 7) is 20.9. The monoisotopic (exact) mass is 1310 g/mol. The molecule has 23 nitrogen and oxygen atoms in total. The van der Waals surface area contributed by atoms with Gasteiger partial charge in [0.15, 0.2) is 28.9 Å². The van der Waals surface area contributed by atoms with Crippen LogP contribution >= 0.6 is 0 Å². The van der Waals surface area contributed by atoms with Gasteiger partial charge >= 0.3 is 5.97 Å². The minimum Gasteiger partial charge on any atom is -0.489 e. The largest absolute Gasteiger partial charge is 0.489 e. The Labute approximate surface area is 553 Å². The number of aliphatic hydroxyl groups is 3. The zero-order valence-electron chi connectivity index (χ0n) is 57.1. The van der Waals surface area contributed by atoms with E-state index in [4.69, 9.17) is 48.8 Å². The number of nitrogens with two attached hydrogens (primary N) is 1. The molecule has 1 saturated carbocycles. The molecule has 1 aliphatic carbocycles. The number of Topliss-reactive ketones (excluding diaryl/α,β-unsaturated/α-hetero) is 3. The normalized spacial score (nSPS) is 33.4. The lowest BCUT2D eigenvalue weighted by molar-refractivity contribution is -0.266. The summed E-state index contributed by atoms with van der Waals surface area (Å²) in [6, 6.07) is -1.22. The Morgan fingerprint density at radius 2 is 1.69 bits per heavy atom. The number of nitrogen functional groups attached to an aromatic ring is 1. The molecule has 0 spiro atoms. The van der Waals surface area contributed by atoms with Gasteiger partial charge in [-0.15, -0.1) is 0 Å². The van der Waals surface area contributed by atoms with Gasteiger partial charge in [0.1, 0.15) is 52.5 Å². The molecule has 5 aliphatic rings. The molecule has 3 aromatic heterocycles. The van der Waals surface area contributed by atoms with Crippen LogP contribution in [-0.2, 0) is 54.2 Å². The van der Waals surface area contributed by atoms with E-state index < -0.39 is 89.5 Å². The third kappa shape index (κ3) is 17.9. The molecule has 7 heterocycles. The highest BCUT2D eigenvalue weighted by Crippen LogP contribution is 2.40. The number of imidazole rings is 1. The standard InChI is InChI=1S/C71H102N8O15/c1-13-78-61-58(90-40-49-22-19-30-73-38-49)39-74-51(59(61)75-67(78)60-66(72)77-94-76-60)28-29-70(9,10)93-56-36-50-26-24-47(8)71(87,92-50)65(84)68(85)79-31-18-17-23-52(79)69(86)91-55(44(5)34-48-25-27-53(80)57(35-48)88-11)37-54(81)43(4)33-46(7)63(83)64(89-12)62(82)45(6)32-41(2)20-15-14-16-21-42(56)3/h14-16,20-21,33,39,41,43-45,47-50,52-53,55-57,63-64,73,80,83,87H,13,17-19,22-27,30-32,34-38,40H2,1-12H3,(H2,72,77)/b16-14+,20-15+,42-21-,46-33+/t41-,43-,44?,45-,47-,48-,49+,50+,52?,53-,55+,56+,57-,63-,64+,71-/m1/s1. The van der Waals surface area contributed by atoms with Gasteiger partial charge in [0.2, 0.25) is 5.79 Å².